The molecule has 3 N–H and O–H groups in total. The first kappa shape index (κ1) is 18.7. The lowest BCUT2D eigenvalue weighted by molar-refractivity contribution is -0.906. The summed E-state index contributed by atoms with van der Waals surface area (Å²) in [4.78, 5) is 1.53. The lowest BCUT2D eigenvalue weighted by atomic mass is 10.2. The molecule has 1 saturated heterocycles. The van der Waals surface area contributed by atoms with Crippen molar-refractivity contribution in [2.75, 3.05) is 59.7 Å². The molecule has 26 heavy (non-hydrogen) atoms. The van der Waals surface area contributed by atoms with Crippen molar-refractivity contribution in [1.82, 2.24) is 10.7 Å². The van der Waals surface area contributed by atoms with Crippen LogP contribution in [0, 0.1) is 0 Å². The number of hydrazone groups is 1. The summed E-state index contributed by atoms with van der Waals surface area (Å²) in [5.41, 5.74) is 3.66. The van der Waals surface area contributed by atoms with Gasteiger partial charge in [0.05, 0.1) is 39.6 Å². The van der Waals surface area contributed by atoms with E-state index in [2.05, 4.69) is 15.8 Å². The van der Waals surface area contributed by atoms with E-state index in [0.717, 1.165) is 45.0 Å². The zero-order chi connectivity index (χ0) is 18.2. The number of thiocarbonyl (C=S) groups is 1. The van der Waals surface area contributed by atoms with Crippen molar-refractivity contribution < 1.29 is 23.8 Å². The third-order valence-electron chi connectivity index (χ3n) is 4.19. The van der Waals surface area contributed by atoms with Crippen molar-refractivity contribution in [2.45, 2.75) is 0 Å². The van der Waals surface area contributed by atoms with Gasteiger partial charge in [0.1, 0.15) is 26.3 Å². The number of methoxy groups -OCH3 is 1. The molecule has 142 valence electrons. The van der Waals surface area contributed by atoms with Crippen LogP contribution in [0.3, 0.4) is 0 Å². The lowest BCUT2D eigenvalue weighted by Crippen LogP contribution is -3.14. The lowest BCUT2D eigenvalue weighted by Gasteiger charge is -2.23. The Morgan fingerprint density at radius 2 is 2.08 bits per heavy atom. The van der Waals surface area contributed by atoms with Crippen LogP contribution in [-0.4, -0.2) is 71.0 Å². The molecule has 1 fully saturated rings. The Balaban J connectivity index is 1.46. The fraction of sp³-hybridized carbons (Fsp3) is 0.529. The molecule has 2 aliphatic rings. The van der Waals surface area contributed by atoms with Crippen LogP contribution in [0.1, 0.15) is 5.56 Å². The van der Waals surface area contributed by atoms with Crippen LogP contribution in [-0.2, 0) is 4.74 Å². The van der Waals surface area contributed by atoms with E-state index in [-0.39, 0.29) is 0 Å². The molecular weight excluding hydrogens is 356 g/mol. The summed E-state index contributed by atoms with van der Waals surface area (Å²) >= 11 is 5.24. The Kier molecular flexibility index (Phi) is 6.87. The minimum atomic E-state index is 0.499. The molecule has 0 bridgehead atoms. The third-order valence-corrected chi connectivity index (χ3v) is 4.43. The number of hydrogen-bond acceptors (Lipinski definition) is 6. The number of morpholine rings is 1. The normalized spacial score (nSPS) is 17.1. The Labute approximate surface area is 158 Å². The van der Waals surface area contributed by atoms with E-state index in [4.69, 9.17) is 31.2 Å². The topological polar surface area (TPSA) is 77.8 Å². The molecule has 0 atom stereocenters. The van der Waals surface area contributed by atoms with Gasteiger partial charge in [0.15, 0.2) is 16.6 Å². The fourth-order valence-corrected chi connectivity index (χ4v) is 2.99. The van der Waals surface area contributed by atoms with E-state index in [0.29, 0.717) is 35.6 Å². The Bertz CT molecular complexity index is 633. The van der Waals surface area contributed by atoms with Gasteiger partial charge in [-0.2, -0.15) is 5.10 Å². The number of rotatable bonds is 6. The second kappa shape index (κ2) is 9.56. The monoisotopic (exact) mass is 381 g/mol. The van der Waals surface area contributed by atoms with E-state index < -0.39 is 0 Å². The van der Waals surface area contributed by atoms with Crippen LogP contribution in [0.15, 0.2) is 17.2 Å². The molecule has 0 spiro atoms. The van der Waals surface area contributed by atoms with E-state index in [1.165, 1.54) is 4.90 Å². The number of hydrogen-bond donors (Lipinski definition) is 3. The molecule has 3 rings (SSSR count). The van der Waals surface area contributed by atoms with Crippen molar-refractivity contribution in [3.63, 3.8) is 0 Å². The summed E-state index contributed by atoms with van der Waals surface area (Å²) in [6.07, 6.45) is 1.67. The maximum Gasteiger partial charge on any atom is 0.203 e. The highest BCUT2D eigenvalue weighted by molar-refractivity contribution is 7.80. The second-order valence-electron chi connectivity index (χ2n) is 5.99. The highest BCUT2D eigenvalue weighted by Crippen LogP contribution is 2.39. The van der Waals surface area contributed by atoms with Gasteiger partial charge in [-0.05, 0) is 24.4 Å². The molecule has 1 aromatic carbocycles. The largest absolute Gasteiger partial charge is 0.493 e. The molecule has 9 heteroatoms. The van der Waals surface area contributed by atoms with Gasteiger partial charge in [-0.3, -0.25) is 5.43 Å². The number of nitrogens with zero attached hydrogens (tertiary/aromatic N) is 1. The first-order valence-electron chi connectivity index (χ1n) is 8.72. The Morgan fingerprint density at radius 1 is 1.27 bits per heavy atom. The van der Waals surface area contributed by atoms with Crippen LogP contribution < -0.4 is 29.9 Å². The van der Waals surface area contributed by atoms with Gasteiger partial charge in [0.2, 0.25) is 5.75 Å². The zero-order valence-corrected chi connectivity index (χ0v) is 15.7. The molecule has 0 amide bonds. The van der Waals surface area contributed by atoms with E-state index in [1.807, 2.05) is 12.1 Å². The number of fused-ring (bicyclic) bond motifs is 1. The standard InChI is InChI=1S/C17H24N4O4S/c1-22-14-10-13(11-15-16(14)25-9-8-24-15)12-19-20-17(26)18-2-3-21-4-6-23-7-5-21/h10-12H,2-9H2,1H3,(H2,18,20,26)/p+1/b19-12-. The number of quaternary nitrogens is 1. The fourth-order valence-electron chi connectivity index (χ4n) is 2.84. The van der Waals surface area contributed by atoms with Crippen LogP contribution in [0.2, 0.25) is 0 Å². The number of ether oxygens (including phenoxy) is 4. The first-order chi connectivity index (χ1) is 12.8. The van der Waals surface area contributed by atoms with Gasteiger partial charge in [-0.15, -0.1) is 0 Å². The highest BCUT2D eigenvalue weighted by atomic mass is 32.1. The summed E-state index contributed by atoms with van der Waals surface area (Å²) in [5, 5.41) is 7.84. The van der Waals surface area contributed by atoms with Crippen molar-refractivity contribution in [3.05, 3.63) is 17.7 Å². The van der Waals surface area contributed by atoms with Crippen LogP contribution in [0.5, 0.6) is 17.2 Å². The van der Waals surface area contributed by atoms with Crippen molar-refractivity contribution >= 4 is 23.5 Å². The van der Waals surface area contributed by atoms with Crippen LogP contribution >= 0.6 is 12.2 Å². The molecular formula is C17H25N4O4S+. The maximum atomic E-state index is 5.61. The molecule has 0 aromatic heterocycles. The molecule has 0 unspecified atom stereocenters. The van der Waals surface area contributed by atoms with Gasteiger partial charge in [0.25, 0.3) is 0 Å². The number of nitrogens with one attached hydrogen (secondary N) is 3. The molecule has 8 nitrogen and oxygen atoms in total. The molecule has 2 heterocycles. The van der Waals surface area contributed by atoms with Crippen LogP contribution in [0.25, 0.3) is 0 Å². The molecule has 0 saturated carbocycles. The molecule has 0 radical (unpaired) electrons. The van der Waals surface area contributed by atoms with Crippen molar-refractivity contribution in [1.29, 1.82) is 0 Å². The van der Waals surface area contributed by atoms with Crippen LogP contribution in [0.4, 0.5) is 0 Å². The predicted octanol–water partition coefficient (Wildman–Crippen LogP) is -0.820. The second-order valence-corrected chi connectivity index (χ2v) is 6.39. The van der Waals surface area contributed by atoms with E-state index in [1.54, 1.807) is 13.3 Å². The quantitative estimate of drug-likeness (QED) is 0.338. The molecule has 1 aromatic rings. The summed E-state index contributed by atoms with van der Waals surface area (Å²) in [6.45, 7) is 6.61. The zero-order valence-electron chi connectivity index (χ0n) is 14.9. The predicted molar refractivity (Wildman–Crippen MR) is 102 cm³/mol. The average molecular weight is 381 g/mol. The summed E-state index contributed by atoms with van der Waals surface area (Å²) in [6, 6.07) is 3.71. The summed E-state index contributed by atoms with van der Waals surface area (Å²) < 4.78 is 21.9. The van der Waals surface area contributed by atoms with E-state index >= 15 is 0 Å². The minimum Gasteiger partial charge on any atom is -0.493 e. The third kappa shape index (κ3) is 5.20. The summed E-state index contributed by atoms with van der Waals surface area (Å²) in [7, 11) is 1.60. The SMILES string of the molecule is COc1cc(/C=N\NC(=S)NCC[NH+]2CCOCC2)cc2c1OCCO2. The van der Waals surface area contributed by atoms with Gasteiger partial charge in [-0.1, -0.05) is 0 Å². The number of benzene rings is 1. The summed E-state index contributed by atoms with van der Waals surface area (Å²) in [5.74, 6) is 1.91. The first-order valence-corrected chi connectivity index (χ1v) is 9.13. The molecule has 2 aliphatic heterocycles. The Morgan fingerprint density at radius 3 is 2.88 bits per heavy atom. The van der Waals surface area contributed by atoms with Crippen molar-refractivity contribution in [2.24, 2.45) is 5.10 Å². The van der Waals surface area contributed by atoms with Gasteiger partial charge < -0.3 is 29.2 Å². The van der Waals surface area contributed by atoms with Crippen molar-refractivity contribution in [3.8, 4) is 17.2 Å². The van der Waals surface area contributed by atoms with Gasteiger partial charge in [0, 0.05) is 5.56 Å². The average Bonchev–Trinajstić information content (AvgIpc) is 2.68. The maximum absolute atomic E-state index is 5.61. The smallest absolute Gasteiger partial charge is 0.203 e. The van der Waals surface area contributed by atoms with E-state index in [9.17, 15) is 0 Å². The highest BCUT2D eigenvalue weighted by Gasteiger charge is 2.18. The van der Waals surface area contributed by atoms with Gasteiger partial charge in [-0.25, -0.2) is 0 Å². The Hall–Kier alpha value is -2.10. The van der Waals surface area contributed by atoms with Gasteiger partial charge >= 0.3 is 0 Å². The minimum absolute atomic E-state index is 0.499. The molecule has 0 aliphatic carbocycles.